The number of benzene rings is 2. The maximum absolute atomic E-state index is 14.1. The lowest BCUT2D eigenvalue weighted by Crippen LogP contribution is -2.48. The molecule has 2 aliphatic heterocycles. The summed E-state index contributed by atoms with van der Waals surface area (Å²) >= 11 is -0.967. The van der Waals surface area contributed by atoms with Gasteiger partial charge in [0.1, 0.15) is 16.9 Å². The number of ether oxygens (including phenoxy) is 1. The highest BCUT2D eigenvalue weighted by molar-refractivity contribution is 7.91. The largest absolute Gasteiger partial charge is 0.494 e. The number of aromatic nitrogens is 1. The number of aliphatic hydroxyl groups excluding tert-OH is 1. The highest BCUT2D eigenvalue weighted by Gasteiger charge is 2.32. The van der Waals surface area contributed by atoms with Crippen LogP contribution in [-0.2, 0) is 21.0 Å². The Balaban J connectivity index is 1.49. The molecule has 0 bridgehead atoms. The Morgan fingerprint density at radius 1 is 1.02 bits per heavy atom. The number of fused-ring (bicyclic) bond motifs is 1. The molecule has 2 N–H and O–H groups in total. The number of unbranched alkanes of at least 4 members (excludes halogenated alkanes) is 1. The van der Waals surface area contributed by atoms with Gasteiger partial charge in [-0.1, -0.05) is 13.3 Å². The molecular formula is C30H40N3O5S2+. The summed E-state index contributed by atoms with van der Waals surface area (Å²) < 4.78 is 44.2. The molecule has 2 aromatic carbocycles. The molecule has 3 heterocycles. The topological polar surface area (TPSA) is 103 Å². The number of hydrogen-bond donors (Lipinski definition) is 2. The van der Waals surface area contributed by atoms with E-state index in [4.69, 9.17) is 4.74 Å². The summed E-state index contributed by atoms with van der Waals surface area (Å²) in [5.74, 6) is 0.652. The molecule has 10 heteroatoms. The van der Waals surface area contributed by atoms with Gasteiger partial charge in [0.15, 0.2) is 16.1 Å². The van der Waals surface area contributed by atoms with E-state index in [1.54, 1.807) is 30.5 Å². The molecular weight excluding hydrogens is 546 g/mol. The maximum atomic E-state index is 14.1. The van der Waals surface area contributed by atoms with Crippen molar-refractivity contribution < 1.29 is 22.8 Å². The molecule has 40 heavy (non-hydrogen) atoms. The van der Waals surface area contributed by atoms with Crippen molar-refractivity contribution in [2.75, 3.05) is 43.9 Å². The van der Waals surface area contributed by atoms with Crippen LogP contribution in [0.15, 0.2) is 63.3 Å². The normalized spacial score (nSPS) is 18.8. The number of aliphatic hydroxyl groups is 1. The summed E-state index contributed by atoms with van der Waals surface area (Å²) in [6.07, 6.45) is 8.44. The molecule has 0 radical (unpaired) electrons. The molecule has 5 rings (SSSR count). The van der Waals surface area contributed by atoms with Crippen LogP contribution >= 0.6 is 0 Å². The Labute approximate surface area is 240 Å². The molecule has 216 valence electrons. The minimum atomic E-state index is -3.88. The molecule has 0 spiro atoms. The van der Waals surface area contributed by atoms with Crippen LogP contribution in [0.4, 0.5) is 5.69 Å². The lowest BCUT2D eigenvalue weighted by atomic mass is 9.98. The van der Waals surface area contributed by atoms with Crippen molar-refractivity contribution in [3.63, 3.8) is 0 Å². The molecule has 2 saturated heterocycles. The SMILES string of the molecule is CCCCOc1ccc(S(=O)(=O)c2cnc3ccc([S+](C)O)cc3c2N2CCC(N3CCC(O)CC3)CC2)cc1. The number of nitrogens with zero attached hydrogens (tertiary/aromatic N) is 3. The van der Waals surface area contributed by atoms with Crippen LogP contribution in [0.5, 0.6) is 5.75 Å². The van der Waals surface area contributed by atoms with Gasteiger partial charge >= 0.3 is 0 Å². The minimum absolute atomic E-state index is 0.185. The van der Waals surface area contributed by atoms with Crippen LogP contribution in [0.3, 0.4) is 0 Å². The van der Waals surface area contributed by atoms with E-state index < -0.39 is 21.0 Å². The number of piperidine rings is 2. The van der Waals surface area contributed by atoms with E-state index in [0.29, 0.717) is 29.6 Å². The predicted octanol–water partition coefficient (Wildman–Crippen LogP) is 4.75. The molecule has 3 aromatic rings. The summed E-state index contributed by atoms with van der Waals surface area (Å²) in [6, 6.07) is 12.7. The zero-order valence-corrected chi connectivity index (χ0v) is 25.0. The molecule has 2 aliphatic rings. The van der Waals surface area contributed by atoms with E-state index in [-0.39, 0.29) is 15.9 Å². The molecule has 0 amide bonds. The first-order valence-corrected chi connectivity index (χ1v) is 17.3. The Morgan fingerprint density at radius 2 is 1.73 bits per heavy atom. The third-order valence-corrected chi connectivity index (χ3v) is 10.8. The first-order chi connectivity index (χ1) is 19.3. The van der Waals surface area contributed by atoms with Crippen LogP contribution in [0.25, 0.3) is 10.9 Å². The molecule has 2 fully saturated rings. The third kappa shape index (κ3) is 6.26. The average molecular weight is 587 g/mol. The number of anilines is 1. The van der Waals surface area contributed by atoms with Crippen molar-refractivity contribution in [1.29, 1.82) is 0 Å². The number of hydrogen-bond acceptors (Lipinski definition) is 8. The van der Waals surface area contributed by atoms with E-state index in [9.17, 15) is 18.1 Å². The number of likely N-dealkylation sites (tertiary alicyclic amines) is 1. The molecule has 8 nitrogen and oxygen atoms in total. The molecule has 0 aliphatic carbocycles. The van der Waals surface area contributed by atoms with Gasteiger partial charge in [0.25, 0.3) is 0 Å². The smallest absolute Gasteiger partial charge is 0.210 e. The summed E-state index contributed by atoms with van der Waals surface area (Å²) in [5, 5.41) is 10.7. The van der Waals surface area contributed by atoms with Crippen LogP contribution in [-0.4, -0.2) is 79.1 Å². The van der Waals surface area contributed by atoms with E-state index in [0.717, 1.165) is 75.0 Å². The zero-order valence-electron chi connectivity index (χ0n) is 23.3. The second-order valence-corrected chi connectivity index (χ2v) is 14.1. The minimum Gasteiger partial charge on any atom is -0.494 e. The second kappa shape index (κ2) is 12.7. The lowest BCUT2D eigenvalue weighted by Gasteiger charge is -2.42. The summed E-state index contributed by atoms with van der Waals surface area (Å²) in [6.45, 7) is 5.94. The van der Waals surface area contributed by atoms with Gasteiger partial charge in [-0.3, -0.25) is 4.98 Å². The van der Waals surface area contributed by atoms with Crippen molar-refractivity contribution in [2.45, 2.75) is 72.3 Å². The van der Waals surface area contributed by atoms with Crippen molar-refractivity contribution in [3.8, 4) is 5.75 Å². The maximum Gasteiger partial charge on any atom is 0.210 e. The predicted molar refractivity (Wildman–Crippen MR) is 160 cm³/mol. The molecule has 1 atom stereocenters. The Morgan fingerprint density at radius 3 is 2.38 bits per heavy atom. The second-order valence-electron chi connectivity index (χ2n) is 10.8. The van der Waals surface area contributed by atoms with Gasteiger partial charge in [0.2, 0.25) is 9.84 Å². The number of pyridine rings is 1. The van der Waals surface area contributed by atoms with Gasteiger partial charge in [-0.05, 0) is 68.5 Å². The van der Waals surface area contributed by atoms with Crippen LogP contribution in [0, 0.1) is 0 Å². The Kier molecular flexibility index (Phi) is 9.21. The summed E-state index contributed by atoms with van der Waals surface area (Å²) in [5.41, 5.74) is 1.36. The standard InChI is InChI=1S/C30H40N3O5S2/c1-3-4-19-38-24-5-8-26(9-6-24)40(36,37)29-21-31-28-10-7-25(39(2)35)20-27(28)30(29)33-15-11-22(12-16-33)32-17-13-23(34)14-18-32/h5-10,20-23,34-35H,3-4,11-19H2,1-2H3/q+1. The van der Waals surface area contributed by atoms with Gasteiger partial charge in [0.05, 0.1) is 28.8 Å². The first kappa shape index (κ1) is 29.1. The van der Waals surface area contributed by atoms with Gasteiger partial charge in [0, 0.05) is 49.9 Å². The fourth-order valence-electron chi connectivity index (χ4n) is 5.73. The number of sulfone groups is 1. The van der Waals surface area contributed by atoms with E-state index in [1.807, 2.05) is 18.2 Å². The van der Waals surface area contributed by atoms with Crippen molar-refractivity contribution in [3.05, 3.63) is 48.7 Å². The molecule has 1 aromatic heterocycles. The summed E-state index contributed by atoms with van der Waals surface area (Å²) in [7, 11) is -3.88. The van der Waals surface area contributed by atoms with Gasteiger partial charge < -0.3 is 19.6 Å². The van der Waals surface area contributed by atoms with E-state index in [1.165, 1.54) is 6.20 Å². The molecule has 1 unspecified atom stereocenters. The fourth-order valence-corrected chi connectivity index (χ4v) is 7.71. The number of rotatable bonds is 9. The first-order valence-electron chi connectivity index (χ1n) is 14.2. The van der Waals surface area contributed by atoms with Crippen LogP contribution < -0.4 is 9.64 Å². The highest BCUT2D eigenvalue weighted by atomic mass is 32.2. The van der Waals surface area contributed by atoms with E-state index >= 15 is 0 Å². The van der Waals surface area contributed by atoms with Gasteiger partial charge in [-0.25, -0.2) is 8.42 Å². The van der Waals surface area contributed by atoms with E-state index in [2.05, 4.69) is 21.7 Å². The Hall–Kier alpha value is -2.37. The third-order valence-electron chi connectivity index (χ3n) is 8.10. The summed E-state index contributed by atoms with van der Waals surface area (Å²) in [4.78, 5) is 10.3. The van der Waals surface area contributed by atoms with Gasteiger partial charge in [-0.15, -0.1) is 0 Å². The Bertz CT molecular complexity index is 1400. The van der Waals surface area contributed by atoms with Crippen LogP contribution in [0.2, 0.25) is 0 Å². The van der Waals surface area contributed by atoms with Crippen LogP contribution in [0.1, 0.15) is 45.4 Å². The van der Waals surface area contributed by atoms with Crippen molar-refractivity contribution in [2.24, 2.45) is 0 Å². The molecule has 0 saturated carbocycles. The average Bonchev–Trinajstić information content (AvgIpc) is 2.97. The fraction of sp³-hybridized carbons (Fsp3) is 0.500. The zero-order chi connectivity index (χ0) is 28.3. The van der Waals surface area contributed by atoms with Gasteiger partial charge in [-0.2, -0.15) is 4.55 Å². The monoisotopic (exact) mass is 586 g/mol. The quantitative estimate of drug-likeness (QED) is 0.274. The van der Waals surface area contributed by atoms with Crippen molar-refractivity contribution in [1.82, 2.24) is 9.88 Å². The van der Waals surface area contributed by atoms with Crippen molar-refractivity contribution >= 4 is 37.6 Å². The lowest BCUT2D eigenvalue weighted by molar-refractivity contribution is 0.0542. The highest BCUT2D eigenvalue weighted by Crippen LogP contribution is 2.39.